The van der Waals surface area contributed by atoms with Crippen LogP contribution in [0.25, 0.3) is 0 Å². The number of amides is 2. The van der Waals surface area contributed by atoms with Crippen LogP contribution < -0.4 is 30.1 Å². The number of nitrogens with zero attached hydrogens (tertiary/aromatic N) is 3. The number of hydrogen-bond acceptors (Lipinski definition) is 6. The zero-order chi connectivity index (χ0) is 23.5. The van der Waals surface area contributed by atoms with Gasteiger partial charge in [-0.05, 0) is 49.4 Å². The van der Waals surface area contributed by atoms with Gasteiger partial charge < -0.3 is 19.7 Å². The molecule has 1 heterocycles. The third-order valence-electron chi connectivity index (χ3n) is 5.67. The van der Waals surface area contributed by atoms with Gasteiger partial charge in [0.1, 0.15) is 11.5 Å². The highest BCUT2D eigenvalue weighted by Gasteiger charge is 2.19. The molecule has 2 amide bonds. The van der Waals surface area contributed by atoms with Gasteiger partial charge in [-0.15, -0.1) is 6.58 Å². The van der Waals surface area contributed by atoms with E-state index in [-0.39, 0.29) is 6.03 Å². The van der Waals surface area contributed by atoms with Crippen LogP contribution in [0.1, 0.15) is 6.42 Å². The SMILES string of the molecule is C=CCN(NC(=O)NCCCN1CCN(c2ccccc2OC)CC1)c1ccc(OC)cc1. The fourth-order valence-corrected chi connectivity index (χ4v) is 3.88. The molecule has 8 heteroatoms. The van der Waals surface area contributed by atoms with Crippen LogP contribution >= 0.6 is 0 Å². The van der Waals surface area contributed by atoms with Gasteiger partial charge >= 0.3 is 6.03 Å². The number of para-hydroxylation sites is 2. The quantitative estimate of drug-likeness (QED) is 0.310. The maximum atomic E-state index is 12.4. The molecule has 2 N–H and O–H groups in total. The lowest BCUT2D eigenvalue weighted by molar-refractivity contribution is 0.235. The minimum Gasteiger partial charge on any atom is -0.497 e. The summed E-state index contributed by atoms with van der Waals surface area (Å²) >= 11 is 0. The normalized spacial score (nSPS) is 13.8. The van der Waals surface area contributed by atoms with Gasteiger partial charge in [0, 0.05) is 32.7 Å². The van der Waals surface area contributed by atoms with Crippen molar-refractivity contribution in [2.45, 2.75) is 6.42 Å². The lowest BCUT2D eigenvalue weighted by Gasteiger charge is -2.36. The van der Waals surface area contributed by atoms with E-state index in [0.717, 1.165) is 62.0 Å². The van der Waals surface area contributed by atoms with E-state index in [2.05, 4.69) is 33.2 Å². The summed E-state index contributed by atoms with van der Waals surface area (Å²) in [5.41, 5.74) is 4.90. The Hall–Kier alpha value is -3.39. The molecule has 0 unspecified atom stereocenters. The van der Waals surface area contributed by atoms with Gasteiger partial charge in [0.15, 0.2) is 0 Å². The van der Waals surface area contributed by atoms with E-state index in [1.165, 1.54) is 0 Å². The Morgan fingerprint density at radius 1 is 1.06 bits per heavy atom. The van der Waals surface area contributed by atoms with Crippen molar-refractivity contribution in [3.05, 3.63) is 61.2 Å². The van der Waals surface area contributed by atoms with Gasteiger partial charge in [-0.1, -0.05) is 18.2 Å². The number of piperazine rings is 1. The first-order valence-electron chi connectivity index (χ1n) is 11.3. The molecule has 1 aliphatic heterocycles. The fourth-order valence-electron chi connectivity index (χ4n) is 3.88. The van der Waals surface area contributed by atoms with E-state index in [1.807, 2.05) is 42.5 Å². The number of methoxy groups -OCH3 is 2. The zero-order valence-electron chi connectivity index (χ0n) is 19.6. The summed E-state index contributed by atoms with van der Waals surface area (Å²) in [4.78, 5) is 17.2. The molecule has 0 saturated carbocycles. The third kappa shape index (κ3) is 7.05. The number of hydrogen-bond donors (Lipinski definition) is 2. The summed E-state index contributed by atoms with van der Waals surface area (Å²) in [6, 6.07) is 15.4. The topological polar surface area (TPSA) is 69.3 Å². The summed E-state index contributed by atoms with van der Waals surface area (Å²) < 4.78 is 10.7. The van der Waals surface area contributed by atoms with Crippen molar-refractivity contribution in [1.29, 1.82) is 0 Å². The Morgan fingerprint density at radius 3 is 2.45 bits per heavy atom. The van der Waals surface area contributed by atoms with Gasteiger partial charge in [0.25, 0.3) is 0 Å². The molecule has 178 valence electrons. The Balaban J connectivity index is 1.37. The van der Waals surface area contributed by atoms with Crippen molar-refractivity contribution in [2.24, 2.45) is 0 Å². The Bertz CT molecular complexity index is 882. The Kier molecular flexibility index (Phi) is 9.26. The average Bonchev–Trinajstić information content (AvgIpc) is 2.87. The number of carbonyl (C=O) groups is 1. The highest BCUT2D eigenvalue weighted by Crippen LogP contribution is 2.28. The molecule has 0 aromatic heterocycles. The predicted molar refractivity (Wildman–Crippen MR) is 133 cm³/mol. The van der Waals surface area contributed by atoms with Crippen molar-refractivity contribution >= 4 is 17.4 Å². The first kappa shape index (κ1) is 24.3. The molecule has 3 rings (SSSR count). The smallest absolute Gasteiger partial charge is 0.333 e. The van der Waals surface area contributed by atoms with Crippen molar-refractivity contribution in [3.8, 4) is 11.5 Å². The molecule has 8 nitrogen and oxygen atoms in total. The van der Waals surface area contributed by atoms with E-state index in [4.69, 9.17) is 9.47 Å². The number of urea groups is 1. The number of carbonyl (C=O) groups excluding carboxylic acids is 1. The van der Waals surface area contributed by atoms with Crippen LogP contribution in [-0.2, 0) is 0 Å². The molecule has 1 aliphatic rings. The van der Waals surface area contributed by atoms with Gasteiger partial charge in [0.05, 0.1) is 32.1 Å². The van der Waals surface area contributed by atoms with E-state index in [1.54, 1.807) is 25.3 Å². The number of anilines is 2. The van der Waals surface area contributed by atoms with Crippen LogP contribution in [0.2, 0.25) is 0 Å². The molecule has 1 saturated heterocycles. The summed E-state index contributed by atoms with van der Waals surface area (Å²) in [6.07, 6.45) is 2.64. The van der Waals surface area contributed by atoms with Gasteiger partial charge in [0.2, 0.25) is 0 Å². The number of ether oxygens (including phenoxy) is 2. The minimum atomic E-state index is -0.228. The Morgan fingerprint density at radius 2 is 1.79 bits per heavy atom. The third-order valence-corrected chi connectivity index (χ3v) is 5.67. The van der Waals surface area contributed by atoms with Crippen molar-refractivity contribution in [1.82, 2.24) is 15.6 Å². The van der Waals surface area contributed by atoms with E-state index in [0.29, 0.717) is 13.1 Å². The molecule has 2 aromatic carbocycles. The lowest BCUT2D eigenvalue weighted by atomic mass is 10.2. The summed E-state index contributed by atoms with van der Waals surface area (Å²) in [5.74, 6) is 1.69. The number of nitrogens with one attached hydrogen (secondary N) is 2. The second-order valence-electron chi connectivity index (χ2n) is 7.82. The highest BCUT2D eigenvalue weighted by atomic mass is 16.5. The Labute approximate surface area is 196 Å². The standard InChI is InChI=1S/C25H35N5O3/c1-4-15-30(21-10-12-22(32-2)13-11-21)27-25(31)26-14-7-16-28-17-19-29(20-18-28)23-8-5-6-9-24(23)33-3/h4-6,8-13H,1,7,14-20H2,2-3H3,(H2,26,27,31). The second-order valence-corrected chi connectivity index (χ2v) is 7.82. The summed E-state index contributed by atoms with van der Waals surface area (Å²) in [5, 5.41) is 4.70. The molecule has 0 atom stereocenters. The molecule has 2 aromatic rings. The molecule has 1 fully saturated rings. The number of benzene rings is 2. The summed E-state index contributed by atoms with van der Waals surface area (Å²) in [7, 11) is 3.34. The summed E-state index contributed by atoms with van der Waals surface area (Å²) in [6.45, 7) is 9.76. The largest absolute Gasteiger partial charge is 0.497 e. The first-order valence-corrected chi connectivity index (χ1v) is 11.3. The van der Waals surface area contributed by atoms with Crippen molar-refractivity contribution in [3.63, 3.8) is 0 Å². The van der Waals surface area contributed by atoms with Gasteiger partial charge in [-0.3, -0.25) is 9.91 Å². The minimum absolute atomic E-state index is 0.228. The predicted octanol–water partition coefficient (Wildman–Crippen LogP) is 3.12. The molecule has 33 heavy (non-hydrogen) atoms. The monoisotopic (exact) mass is 453 g/mol. The van der Waals surface area contributed by atoms with Crippen molar-refractivity contribution in [2.75, 3.05) is 69.9 Å². The van der Waals surface area contributed by atoms with E-state index in [9.17, 15) is 4.79 Å². The zero-order valence-corrected chi connectivity index (χ0v) is 19.6. The highest BCUT2D eigenvalue weighted by molar-refractivity contribution is 5.76. The molecule has 0 radical (unpaired) electrons. The molecule has 0 spiro atoms. The van der Waals surface area contributed by atoms with Crippen LogP contribution in [0.4, 0.5) is 16.2 Å². The molecular weight excluding hydrogens is 418 g/mol. The van der Waals surface area contributed by atoms with Crippen LogP contribution in [0.5, 0.6) is 11.5 Å². The average molecular weight is 454 g/mol. The second kappa shape index (κ2) is 12.6. The van der Waals surface area contributed by atoms with Crippen molar-refractivity contribution < 1.29 is 14.3 Å². The first-order chi connectivity index (χ1) is 16.1. The molecule has 0 aliphatic carbocycles. The van der Waals surface area contributed by atoms with E-state index < -0.39 is 0 Å². The van der Waals surface area contributed by atoms with Gasteiger partial charge in [-0.25, -0.2) is 10.2 Å². The maximum Gasteiger partial charge on any atom is 0.333 e. The fraction of sp³-hybridized carbons (Fsp3) is 0.400. The molecule has 0 bridgehead atoms. The lowest BCUT2D eigenvalue weighted by Crippen LogP contribution is -2.49. The maximum absolute atomic E-state index is 12.4. The molecular formula is C25H35N5O3. The van der Waals surface area contributed by atoms with E-state index >= 15 is 0 Å². The number of hydrazine groups is 1. The van der Waals surface area contributed by atoms with Crippen LogP contribution in [0, 0.1) is 0 Å². The number of rotatable bonds is 11. The van der Waals surface area contributed by atoms with Crippen LogP contribution in [-0.4, -0.2) is 71.0 Å². The van der Waals surface area contributed by atoms with Crippen LogP contribution in [0.15, 0.2) is 61.2 Å². The van der Waals surface area contributed by atoms with Crippen LogP contribution in [0.3, 0.4) is 0 Å². The van der Waals surface area contributed by atoms with Gasteiger partial charge in [-0.2, -0.15) is 0 Å².